The Bertz CT molecular complexity index is 798. The highest BCUT2D eigenvalue weighted by Crippen LogP contribution is 2.24. The van der Waals surface area contributed by atoms with Gasteiger partial charge in [-0.1, -0.05) is 12.1 Å². The number of nitrogens with one attached hydrogen (secondary N) is 2. The van der Waals surface area contributed by atoms with Crippen LogP contribution in [0.3, 0.4) is 0 Å². The number of carbonyl (C=O) groups excluding carboxylic acids is 1. The number of amides is 1. The van der Waals surface area contributed by atoms with Gasteiger partial charge in [0.25, 0.3) is 10.0 Å². The van der Waals surface area contributed by atoms with E-state index in [0.29, 0.717) is 11.5 Å². The molecule has 26 heavy (non-hydrogen) atoms. The van der Waals surface area contributed by atoms with Crippen molar-refractivity contribution in [1.82, 2.24) is 14.9 Å². The number of aliphatic imine (C=N–C) groups is 1. The molecule has 142 valence electrons. The lowest BCUT2D eigenvalue weighted by atomic mass is 9.93. The van der Waals surface area contributed by atoms with E-state index in [9.17, 15) is 13.2 Å². The summed E-state index contributed by atoms with van der Waals surface area (Å²) < 4.78 is 26.8. The van der Waals surface area contributed by atoms with Gasteiger partial charge in [0, 0.05) is 18.7 Å². The normalized spacial score (nSPS) is 22.1. The molecule has 1 aromatic carbocycles. The average Bonchev–Trinajstić information content (AvgIpc) is 2.90. The fourth-order valence-electron chi connectivity index (χ4n) is 3.53. The first-order chi connectivity index (χ1) is 12.4. The molecule has 3 rings (SSSR count). The van der Waals surface area contributed by atoms with E-state index in [1.54, 1.807) is 31.2 Å². The number of rotatable bonds is 5. The summed E-state index contributed by atoms with van der Waals surface area (Å²) in [6, 6.07) is 6.07. The highest BCUT2D eigenvalue weighted by atomic mass is 32.2. The van der Waals surface area contributed by atoms with Crippen LogP contribution in [0.5, 0.6) is 0 Å². The maximum Gasteiger partial charge on any atom is 0.263 e. The third kappa shape index (κ3) is 3.91. The van der Waals surface area contributed by atoms with Crippen LogP contribution >= 0.6 is 0 Å². The maximum atomic E-state index is 12.7. The van der Waals surface area contributed by atoms with E-state index in [1.807, 2.05) is 11.9 Å². The fraction of sp³-hybridized carbons (Fsp3) is 0.556. The Morgan fingerprint density at radius 1 is 1.35 bits per heavy atom. The minimum absolute atomic E-state index is 0.0480. The van der Waals surface area contributed by atoms with E-state index >= 15 is 0 Å². The predicted octanol–water partition coefficient (Wildman–Crippen LogP) is 0.962. The number of amidine groups is 1. The Morgan fingerprint density at radius 3 is 2.73 bits per heavy atom. The van der Waals surface area contributed by atoms with Crippen molar-refractivity contribution in [3.63, 3.8) is 0 Å². The number of piperidine rings is 1. The zero-order valence-electron chi connectivity index (χ0n) is 15.2. The molecule has 1 fully saturated rings. The number of carbonyl (C=O) groups is 1. The van der Waals surface area contributed by atoms with E-state index in [0.717, 1.165) is 38.9 Å². The third-order valence-corrected chi connectivity index (χ3v) is 6.47. The second-order valence-electron chi connectivity index (χ2n) is 6.92. The molecular formula is C18H26N4O3S. The van der Waals surface area contributed by atoms with Gasteiger partial charge in [-0.3, -0.25) is 14.5 Å². The summed E-state index contributed by atoms with van der Waals surface area (Å²) >= 11 is 0. The summed E-state index contributed by atoms with van der Waals surface area (Å²) in [4.78, 5) is 19.1. The van der Waals surface area contributed by atoms with Gasteiger partial charge in [0.15, 0.2) is 0 Å². The van der Waals surface area contributed by atoms with Crippen molar-refractivity contribution in [2.24, 2.45) is 10.9 Å². The van der Waals surface area contributed by atoms with Gasteiger partial charge in [-0.05, 0) is 57.8 Å². The molecule has 1 aromatic rings. The van der Waals surface area contributed by atoms with Gasteiger partial charge in [0.2, 0.25) is 5.91 Å². The minimum Gasteiger partial charge on any atom is -0.341 e. The van der Waals surface area contributed by atoms with Gasteiger partial charge in [-0.25, -0.2) is 8.42 Å². The van der Waals surface area contributed by atoms with Crippen LogP contribution in [0.15, 0.2) is 34.2 Å². The minimum atomic E-state index is -3.58. The zero-order chi connectivity index (χ0) is 18.7. The smallest absolute Gasteiger partial charge is 0.263 e. The Hall–Kier alpha value is -1.93. The molecule has 1 unspecified atom stereocenters. The fourth-order valence-corrected chi connectivity index (χ4v) is 4.77. The first-order valence-corrected chi connectivity index (χ1v) is 10.5. The first-order valence-electron chi connectivity index (χ1n) is 9.06. The van der Waals surface area contributed by atoms with Crippen molar-refractivity contribution < 1.29 is 13.2 Å². The molecule has 0 bridgehead atoms. The molecule has 2 N–H and O–H groups in total. The molecule has 1 saturated heterocycles. The third-order valence-electron chi connectivity index (χ3n) is 5.07. The largest absolute Gasteiger partial charge is 0.341 e. The average molecular weight is 378 g/mol. The van der Waals surface area contributed by atoms with Gasteiger partial charge in [0.1, 0.15) is 11.9 Å². The van der Waals surface area contributed by atoms with E-state index < -0.39 is 16.1 Å². The Kier molecular flexibility index (Phi) is 5.62. The zero-order valence-corrected chi connectivity index (χ0v) is 16.1. The van der Waals surface area contributed by atoms with Crippen molar-refractivity contribution in [2.75, 3.05) is 26.7 Å². The second kappa shape index (κ2) is 7.75. The van der Waals surface area contributed by atoms with Crippen LogP contribution in [-0.4, -0.2) is 57.8 Å². The second-order valence-corrected chi connectivity index (χ2v) is 8.57. The lowest BCUT2D eigenvalue weighted by molar-refractivity contribution is -0.133. The molecular weight excluding hydrogens is 352 g/mol. The van der Waals surface area contributed by atoms with Crippen LogP contribution in [0.1, 0.15) is 31.7 Å². The molecule has 1 atom stereocenters. The summed E-state index contributed by atoms with van der Waals surface area (Å²) in [6.45, 7) is 4.20. The highest BCUT2D eigenvalue weighted by molar-refractivity contribution is 7.90. The number of hydrogen-bond donors (Lipinski definition) is 2. The van der Waals surface area contributed by atoms with E-state index in [1.165, 1.54) is 0 Å². The summed E-state index contributed by atoms with van der Waals surface area (Å²) in [5.74, 6) is 0.861. The Morgan fingerprint density at radius 2 is 2.04 bits per heavy atom. The number of hydrogen-bond acceptors (Lipinski definition) is 5. The number of sulfonamides is 1. The van der Waals surface area contributed by atoms with Gasteiger partial charge >= 0.3 is 0 Å². The molecule has 0 spiro atoms. The van der Waals surface area contributed by atoms with E-state index in [-0.39, 0.29) is 16.6 Å². The molecule has 2 heterocycles. The summed E-state index contributed by atoms with van der Waals surface area (Å²) in [6.07, 6.45) is 3.15. The van der Waals surface area contributed by atoms with Gasteiger partial charge in [0.05, 0.1) is 4.90 Å². The highest BCUT2D eigenvalue weighted by Gasteiger charge is 2.32. The molecule has 0 aromatic heterocycles. The quantitative estimate of drug-likeness (QED) is 0.799. The molecule has 0 aliphatic carbocycles. The number of nitrogens with zero attached hydrogens (tertiary/aromatic N) is 2. The summed E-state index contributed by atoms with van der Waals surface area (Å²) in [5.41, 5.74) is 0.526. The molecule has 0 radical (unpaired) electrons. The van der Waals surface area contributed by atoms with Gasteiger partial charge in [-0.15, -0.1) is 0 Å². The van der Waals surface area contributed by atoms with Crippen LogP contribution in [0.4, 0.5) is 0 Å². The predicted molar refractivity (Wildman–Crippen MR) is 101 cm³/mol. The molecule has 0 saturated carbocycles. The Balaban J connectivity index is 1.66. The van der Waals surface area contributed by atoms with Crippen LogP contribution < -0.4 is 10.0 Å². The Labute approximate surface area is 154 Å². The number of benzene rings is 1. The molecule has 1 amide bonds. The topological polar surface area (TPSA) is 90.9 Å². The SMILES string of the molecule is CNCCC1CCN(C(=O)C(C)N=C2NS(=O)(=O)c3ccccc32)CC1. The summed E-state index contributed by atoms with van der Waals surface area (Å²) in [7, 11) is -1.63. The first kappa shape index (κ1) is 18.8. The van der Waals surface area contributed by atoms with E-state index in [2.05, 4.69) is 15.0 Å². The van der Waals surface area contributed by atoms with Gasteiger partial charge in [-0.2, -0.15) is 0 Å². The van der Waals surface area contributed by atoms with Crippen LogP contribution in [0.2, 0.25) is 0 Å². The molecule has 2 aliphatic heterocycles. The molecule has 7 nitrogen and oxygen atoms in total. The van der Waals surface area contributed by atoms with Gasteiger partial charge < -0.3 is 10.2 Å². The van der Waals surface area contributed by atoms with Crippen molar-refractivity contribution in [2.45, 2.75) is 37.1 Å². The number of fused-ring (bicyclic) bond motifs is 1. The van der Waals surface area contributed by atoms with Crippen LogP contribution in [0, 0.1) is 5.92 Å². The molecule has 2 aliphatic rings. The van der Waals surface area contributed by atoms with Crippen LogP contribution in [-0.2, 0) is 14.8 Å². The monoisotopic (exact) mass is 378 g/mol. The van der Waals surface area contributed by atoms with Crippen molar-refractivity contribution in [3.05, 3.63) is 29.8 Å². The standard InChI is InChI=1S/C18H26N4O3S/c1-13(18(23)22-11-8-14(9-12-22)7-10-19-2)20-17-15-5-3-4-6-16(15)26(24,25)21-17/h3-6,13-14,19H,7-12H2,1-2H3,(H,20,21). The van der Waals surface area contributed by atoms with Crippen molar-refractivity contribution in [1.29, 1.82) is 0 Å². The van der Waals surface area contributed by atoms with Crippen molar-refractivity contribution in [3.8, 4) is 0 Å². The molecule has 8 heteroatoms. The maximum absolute atomic E-state index is 12.7. The summed E-state index contributed by atoms with van der Waals surface area (Å²) in [5, 5.41) is 3.17. The van der Waals surface area contributed by atoms with Crippen molar-refractivity contribution >= 4 is 21.8 Å². The van der Waals surface area contributed by atoms with Crippen LogP contribution in [0.25, 0.3) is 0 Å². The van der Waals surface area contributed by atoms with E-state index in [4.69, 9.17) is 0 Å². The lowest BCUT2D eigenvalue weighted by Crippen LogP contribution is -2.43. The number of likely N-dealkylation sites (tertiary alicyclic amines) is 1. The lowest BCUT2D eigenvalue weighted by Gasteiger charge is -2.33.